The molecular formula is C14H18ClN3. The fraction of sp³-hybridized carbons (Fsp3) is 0.357. The van der Waals surface area contributed by atoms with Gasteiger partial charge in [-0.2, -0.15) is 5.10 Å². The molecule has 1 aromatic carbocycles. The molecule has 0 saturated heterocycles. The van der Waals surface area contributed by atoms with Crippen molar-refractivity contribution >= 4 is 11.6 Å². The average Bonchev–Trinajstić information content (AvgIpc) is 2.76. The van der Waals surface area contributed by atoms with E-state index in [1.807, 2.05) is 29.1 Å². The molecule has 0 N–H and O–H groups in total. The zero-order chi connectivity index (χ0) is 13.0. The molecule has 1 heterocycles. The minimum absolute atomic E-state index is 0.791. The molecule has 0 saturated carbocycles. The van der Waals surface area contributed by atoms with Crippen LogP contribution in [0.2, 0.25) is 5.02 Å². The molecule has 1 aromatic heterocycles. The Morgan fingerprint density at radius 1 is 1.28 bits per heavy atom. The number of hydrogen-bond acceptors (Lipinski definition) is 2. The third-order valence-electron chi connectivity index (χ3n) is 2.80. The van der Waals surface area contributed by atoms with E-state index in [0.29, 0.717) is 0 Å². The van der Waals surface area contributed by atoms with Gasteiger partial charge in [0.2, 0.25) is 0 Å². The zero-order valence-corrected chi connectivity index (χ0v) is 11.6. The summed E-state index contributed by atoms with van der Waals surface area (Å²) < 4.78 is 1.95. The van der Waals surface area contributed by atoms with Gasteiger partial charge in [-0.1, -0.05) is 23.7 Å². The summed E-state index contributed by atoms with van der Waals surface area (Å²) in [7, 11) is 2.10. The molecule has 18 heavy (non-hydrogen) atoms. The first-order valence-electron chi connectivity index (χ1n) is 6.11. The molecule has 4 heteroatoms. The maximum Gasteiger partial charge on any atom is 0.0534 e. The molecule has 2 rings (SSSR count). The number of halogens is 1. The van der Waals surface area contributed by atoms with Crippen molar-refractivity contribution in [2.24, 2.45) is 0 Å². The average molecular weight is 264 g/mol. The van der Waals surface area contributed by atoms with Gasteiger partial charge in [0, 0.05) is 36.4 Å². The maximum atomic E-state index is 5.98. The Kier molecular flexibility index (Phi) is 4.39. The summed E-state index contributed by atoms with van der Waals surface area (Å²) in [6.07, 6.45) is 4.02. The van der Waals surface area contributed by atoms with Crippen molar-refractivity contribution in [3.63, 3.8) is 0 Å². The zero-order valence-electron chi connectivity index (χ0n) is 10.8. The van der Waals surface area contributed by atoms with E-state index in [1.165, 1.54) is 11.1 Å². The van der Waals surface area contributed by atoms with Crippen LogP contribution in [-0.2, 0) is 19.6 Å². The molecule has 0 amide bonds. The van der Waals surface area contributed by atoms with Gasteiger partial charge in [0.1, 0.15) is 0 Å². The predicted molar refractivity (Wildman–Crippen MR) is 74.5 cm³/mol. The molecule has 0 aliphatic rings. The van der Waals surface area contributed by atoms with E-state index in [4.69, 9.17) is 11.6 Å². The Morgan fingerprint density at radius 2 is 2.06 bits per heavy atom. The number of aromatic nitrogens is 2. The Morgan fingerprint density at radius 3 is 2.72 bits per heavy atom. The molecule has 0 unspecified atom stereocenters. The highest BCUT2D eigenvalue weighted by Crippen LogP contribution is 2.13. The van der Waals surface area contributed by atoms with Crippen LogP contribution < -0.4 is 0 Å². The predicted octanol–water partition coefficient (Wildman–Crippen LogP) is 3.19. The topological polar surface area (TPSA) is 21.1 Å². The van der Waals surface area contributed by atoms with Gasteiger partial charge < -0.3 is 0 Å². The fourth-order valence-electron chi connectivity index (χ4n) is 1.98. The van der Waals surface area contributed by atoms with E-state index in [-0.39, 0.29) is 0 Å². The monoisotopic (exact) mass is 263 g/mol. The number of hydrogen-bond donors (Lipinski definition) is 0. The van der Waals surface area contributed by atoms with Crippen molar-refractivity contribution in [2.75, 3.05) is 7.05 Å². The Labute approximate surface area is 113 Å². The Balaban J connectivity index is 1.94. The number of benzene rings is 1. The second-order valence-electron chi connectivity index (χ2n) is 4.51. The number of aryl methyl sites for hydroxylation is 1. The van der Waals surface area contributed by atoms with Crippen LogP contribution in [-0.4, -0.2) is 21.7 Å². The van der Waals surface area contributed by atoms with Crippen LogP contribution in [0, 0.1) is 0 Å². The minimum Gasteiger partial charge on any atom is -0.298 e. The highest BCUT2D eigenvalue weighted by Gasteiger charge is 2.04. The van der Waals surface area contributed by atoms with E-state index < -0.39 is 0 Å². The lowest BCUT2D eigenvalue weighted by atomic mass is 10.2. The van der Waals surface area contributed by atoms with Gasteiger partial charge in [0.25, 0.3) is 0 Å². The quantitative estimate of drug-likeness (QED) is 0.826. The van der Waals surface area contributed by atoms with Crippen molar-refractivity contribution in [3.8, 4) is 0 Å². The van der Waals surface area contributed by atoms with Gasteiger partial charge in [-0.25, -0.2) is 0 Å². The lowest BCUT2D eigenvalue weighted by Crippen LogP contribution is -2.16. The smallest absolute Gasteiger partial charge is 0.0534 e. The highest BCUT2D eigenvalue weighted by molar-refractivity contribution is 6.30. The van der Waals surface area contributed by atoms with Crippen molar-refractivity contribution < 1.29 is 0 Å². The first-order valence-corrected chi connectivity index (χ1v) is 6.49. The van der Waals surface area contributed by atoms with Gasteiger partial charge >= 0.3 is 0 Å². The maximum absolute atomic E-state index is 5.98. The lowest BCUT2D eigenvalue weighted by Gasteiger charge is -2.15. The summed E-state index contributed by atoms with van der Waals surface area (Å²) in [6, 6.07) is 7.99. The minimum atomic E-state index is 0.791. The summed E-state index contributed by atoms with van der Waals surface area (Å²) in [5.74, 6) is 0. The molecule has 96 valence electrons. The van der Waals surface area contributed by atoms with E-state index >= 15 is 0 Å². The SMILES string of the molecule is CCn1cc(CN(C)Cc2cccc(Cl)c2)cn1. The van der Waals surface area contributed by atoms with Crippen LogP contribution in [0.1, 0.15) is 18.1 Å². The van der Waals surface area contributed by atoms with Crippen LogP contribution in [0.3, 0.4) is 0 Å². The molecule has 0 aliphatic carbocycles. The molecular weight excluding hydrogens is 246 g/mol. The van der Waals surface area contributed by atoms with Crippen molar-refractivity contribution in [1.29, 1.82) is 0 Å². The Hall–Kier alpha value is -1.32. The van der Waals surface area contributed by atoms with E-state index in [0.717, 1.165) is 24.7 Å². The second-order valence-corrected chi connectivity index (χ2v) is 4.94. The van der Waals surface area contributed by atoms with Gasteiger partial charge in [-0.3, -0.25) is 9.58 Å². The third-order valence-corrected chi connectivity index (χ3v) is 3.04. The summed E-state index contributed by atoms with van der Waals surface area (Å²) in [5, 5.41) is 5.07. The largest absolute Gasteiger partial charge is 0.298 e. The lowest BCUT2D eigenvalue weighted by molar-refractivity contribution is 0.319. The molecule has 0 atom stereocenters. The van der Waals surface area contributed by atoms with Crippen LogP contribution in [0.4, 0.5) is 0 Å². The molecule has 0 fully saturated rings. The molecule has 0 bridgehead atoms. The van der Waals surface area contributed by atoms with Gasteiger partial charge in [0.15, 0.2) is 0 Å². The van der Waals surface area contributed by atoms with E-state index in [9.17, 15) is 0 Å². The first-order chi connectivity index (χ1) is 8.67. The molecule has 2 aromatic rings. The van der Waals surface area contributed by atoms with E-state index in [1.54, 1.807) is 0 Å². The fourth-order valence-corrected chi connectivity index (χ4v) is 2.19. The van der Waals surface area contributed by atoms with Gasteiger partial charge in [-0.05, 0) is 31.7 Å². The molecule has 0 radical (unpaired) electrons. The summed E-state index contributed by atoms with van der Waals surface area (Å²) >= 11 is 5.98. The first kappa shape index (κ1) is 13.1. The third kappa shape index (κ3) is 3.59. The van der Waals surface area contributed by atoms with Crippen LogP contribution in [0.25, 0.3) is 0 Å². The standard InChI is InChI=1S/C14H18ClN3/c1-3-18-11-13(8-16-18)10-17(2)9-12-5-4-6-14(15)7-12/h4-8,11H,3,9-10H2,1-2H3. The van der Waals surface area contributed by atoms with Crippen LogP contribution in [0.5, 0.6) is 0 Å². The van der Waals surface area contributed by atoms with E-state index in [2.05, 4.69) is 36.2 Å². The highest BCUT2D eigenvalue weighted by atomic mass is 35.5. The van der Waals surface area contributed by atoms with Crippen LogP contribution in [0.15, 0.2) is 36.7 Å². The molecule has 0 spiro atoms. The van der Waals surface area contributed by atoms with Crippen molar-refractivity contribution in [1.82, 2.24) is 14.7 Å². The summed E-state index contributed by atoms with van der Waals surface area (Å²) in [4.78, 5) is 2.25. The molecule has 0 aliphatic heterocycles. The molecule has 3 nitrogen and oxygen atoms in total. The second kappa shape index (κ2) is 6.03. The summed E-state index contributed by atoms with van der Waals surface area (Å²) in [6.45, 7) is 4.79. The van der Waals surface area contributed by atoms with Crippen molar-refractivity contribution in [2.45, 2.75) is 26.6 Å². The van der Waals surface area contributed by atoms with Crippen molar-refractivity contribution in [3.05, 3.63) is 52.8 Å². The summed E-state index contributed by atoms with van der Waals surface area (Å²) in [5.41, 5.74) is 2.47. The van der Waals surface area contributed by atoms with Crippen LogP contribution >= 0.6 is 11.6 Å². The van der Waals surface area contributed by atoms with Gasteiger partial charge in [0.05, 0.1) is 6.20 Å². The number of rotatable bonds is 5. The Bertz CT molecular complexity index is 507. The number of nitrogens with zero attached hydrogens (tertiary/aromatic N) is 3. The normalized spacial score (nSPS) is 11.1. The van der Waals surface area contributed by atoms with Gasteiger partial charge in [-0.15, -0.1) is 0 Å².